The monoisotopic (exact) mass is 298 g/mol. The van der Waals surface area contributed by atoms with Crippen molar-refractivity contribution in [1.82, 2.24) is 0 Å². The summed E-state index contributed by atoms with van der Waals surface area (Å²) in [4.78, 5) is 12.4. The average molecular weight is 298 g/mol. The van der Waals surface area contributed by atoms with Gasteiger partial charge in [0, 0.05) is 11.7 Å². The van der Waals surface area contributed by atoms with Gasteiger partial charge in [-0.05, 0) is 36.2 Å². The predicted molar refractivity (Wildman–Crippen MR) is 88.9 cm³/mol. The summed E-state index contributed by atoms with van der Waals surface area (Å²) in [6.07, 6.45) is 0. The summed E-state index contributed by atoms with van der Waals surface area (Å²) >= 11 is 0. The number of methoxy groups -OCH3 is 1. The molecule has 0 saturated heterocycles. The van der Waals surface area contributed by atoms with Crippen molar-refractivity contribution in [2.45, 2.75) is 19.9 Å². The molecule has 1 amide bonds. The second-order valence-corrected chi connectivity index (χ2v) is 5.40. The first-order chi connectivity index (χ1) is 10.5. The first kappa shape index (κ1) is 16.0. The largest absolute Gasteiger partial charge is 0.497 e. The number of nitrogens with two attached hydrogens (primary N) is 1. The van der Waals surface area contributed by atoms with Gasteiger partial charge in [0.2, 0.25) is 5.91 Å². The van der Waals surface area contributed by atoms with Crippen LogP contribution in [-0.4, -0.2) is 13.0 Å². The molecular formula is C18H22N2O2. The quantitative estimate of drug-likeness (QED) is 0.890. The number of nitrogens with one attached hydrogen (secondary N) is 1. The number of carbonyl (C=O) groups is 1. The summed E-state index contributed by atoms with van der Waals surface area (Å²) in [6.45, 7) is 3.77. The maximum atomic E-state index is 12.4. The van der Waals surface area contributed by atoms with Crippen molar-refractivity contribution >= 4 is 11.6 Å². The van der Waals surface area contributed by atoms with Crippen molar-refractivity contribution in [2.75, 3.05) is 12.4 Å². The molecule has 4 heteroatoms. The SMILES string of the molecule is COc1ccc(NC(=O)C(C)C(N)c2ccccc2)c(C)c1. The van der Waals surface area contributed by atoms with Gasteiger partial charge in [0.05, 0.1) is 13.0 Å². The first-order valence-electron chi connectivity index (χ1n) is 7.29. The van der Waals surface area contributed by atoms with Gasteiger partial charge in [-0.1, -0.05) is 37.3 Å². The molecule has 0 bridgehead atoms. The topological polar surface area (TPSA) is 64.3 Å². The van der Waals surface area contributed by atoms with Crippen LogP contribution < -0.4 is 15.8 Å². The Hall–Kier alpha value is -2.33. The van der Waals surface area contributed by atoms with Gasteiger partial charge in [0.15, 0.2) is 0 Å². The molecule has 0 aliphatic rings. The molecule has 4 nitrogen and oxygen atoms in total. The number of hydrogen-bond acceptors (Lipinski definition) is 3. The van der Waals surface area contributed by atoms with Crippen LogP contribution in [0.25, 0.3) is 0 Å². The highest BCUT2D eigenvalue weighted by Crippen LogP contribution is 2.24. The van der Waals surface area contributed by atoms with Gasteiger partial charge in [-0.15, -0.1) is 0 Å². The van der Waals surface area contributed by atoms with E-state index in [1.54, 1.807) is 7.11 Å². The third-order valence-electron chi connectivity index (χ3n) is 3.83. The minimum atomic E-state index is -0.334. The Morgan fingerprint density at radius 3 is 2.45 bits per heavy atom. The molecule has 2 aromatic rings. The van der Waals surface area contributed by atoms with Crippen molar-refractivity contribution in [2.24, 2.45) is 11.7 Å². The number of carbonyl (C=O) groups excluding carboxylic acids is 1. The summed E-state index contributed by atoms with van der Waals surface area (Å²) in [5.41, 5.74) is 8.88. The number of amides is 1. The molecule has 2 rings (SSSR count). The first-order valence-corrected chi connectivity index (χ1v) is 7.29. The minimum Gasteiger partial charge on any atom is -0.497 e. The predicted octanol–water partition coefficient (Wildman–Crippen LogP) is 3.28. The molecule has 116 valence electrons. The highest BCUT2D eigenvalue weighted by molar-refractivity contribution is 5.93. The molecular weight excluding hydrogens is 276 g/mol. The van der Waals surface area contributed by atoms with Crippen LogP contribution in [0.3, 0.4) is 0 Å². The number of aryl methyl sites for hydroxylation is 1. The Bertz CT molecular complexity index is 641. The fraction of sp³-hybridized carbons (Fsp3) is 0.278. The smallest absolute Gasteiger partial charge is 0.229 e. The Kier molecular flexibility index (Phi) is 5.17. The zero-order valence-electron chi connectivity index (χ0n) is 13.2. The molecule has 0 saturated carbocycles. The normalized spacial score (nSPS) is 13.3. The fourth-order valence-corrected chi connectivity index (χ4v) is 2.28. The van der Waals surface area contributed by atoms with Crippen LogP contribution in [0.5, 0.6) is 5.75 Å². The maximum Gasteiger partial charge on any atom is 0.229 e. The lowest BCUT2D eigenvalue weighted by molar-refractivity contribution is -0.120. The van der Waals surface area contributed by atoms with Crippen molar-refractivity contribution in [3.63, 3.8) is 0 Å². The van der Waals surface area contributed by atoms with Gasteiger partial charge in [0.1, 0.15) is 5.75 Å². The Morgan fingerprint density at radius 1 is 1.18 bits per heavy atom. The third-order valence-corrected chi connectivity index (χ3v) is 3.83. The number of ether oxygens (including phenoxy) is 1. The second kappa shape index (κ2) is 7.09. The highest BCUT2D eigenvalue weighted by Gasteiger charge is 2.22. The van der Waals surface area contributed by atoms with Gasteiger partial charge in [-0.3, -0.25) is 4.79 Å². The van der Waals surface area contributed by atoms with E-state index >= 15 is 0 Å². The number of anilines is 1. The summed E-state index contributed by atoms with van der Waals surface area (Å²) in [6, 6.07) is 14.9. The van der Waals surface area contributed by atoms with E-state index < -0.39 is 0 Å². The van der Waals surface area contributed by atoms with Crippen LogP contribution >= 0.6 is 0 Å². The van der Waals surface area contributed by atoms with Crippen LogP contribution in [0.1, 0.15) is 24.1 Å². The van der Waals surface area contributed by atoms with E-state index in [4.69, 9.17) is 10.5 Å². The van der Waals surface area contributed by atoms with E-state index in [-0.39, 0.29) is 17.9 Å². The van der Waals surface area contributed by atoms with Crippen molar-refractivity contribution in [3.05, 3.63) is 59.7 Å². The lowest BCUT2D eigenvalue weighted by Gasteiger charge is -2.20. The van der Waals surface area contributed by atoms with Crippen LogP contribution in [0.4, 0.5) is 5.69 Å². The average Bonchev–Trinajstić information content (AvgIpc) is 2.56. The lowest BCUT2D eigenvalue weighted by Crippen LogP contribution is -2.30. The molecule has 0 heterocycles. The van der Waals surface area contributed by atoms with Crippen molar-refractivity contribution < 1.29 is 9.53 Å². The van der Waals surface area contributed by atoms with Gasteiger partial charge >= 0.3 is 0 Å². The number of hydrogen-bond donors (Lipinski definition) is 2. The highest BCUT2D eigenvalue weighted by atomic mass is 16.5. The molecule has 2 unspecified atom stereocenters. The fourth-order valence-electron chi connectivity index (χ4n) is 2.28. The molecule has 2 aromatic carbocycles. The molecule has 0 aromatic heterocycles. The molecule has 22 heavy (non-hydrogen) atoms. The molecule has 0 aliphatic carbocycles. The van der Waals surface area contributed by atoms with Crippen LogP contribution in [-0.2, 0) is 4.79 Å². The van der Waals surface area contributed by atoms with Crippen LogP contribution in [0, 0.1) is 12.8 Å². The standard InChI is InChI=1S/C18H22N2O2/c1-12-11-15(22-3)9-10-16(12)20-18(21)13(2)17(19)14-7-5-4-6-8-14/h4-11,13,17H,19H2,1-3H3,(H,20,21). The Balaban J connectivity index is 2.08. The van der Waals surface area contributed by atoms with E-state index in [0.29, 0.717) is 0 Å². The number of rotatable bonds is 5. The summed E-state index contributed by atoms with van der Waals surface area (Å²) in [7, 11) is 1.62. The Labute approximate surface area is 131 Å². The lowest BCUT2D eigenvalue weighted by atomic mass is 9.94. The molecule has 0 radical (unpaired) electrons. The van der Waals surface area contributed by atoms with E-state index in [2.05, 4.69) is 5.32 Å². The zero-order valence-corrected chi connectivity index (χ0v) is 13.2. The third kappa shape index (κ3) is 3.65. The van der Waals surface area contributed by atoms with Crippen molar-refractivity contribution in [1.29, 1.82) is 0 Å². The minimum absolute atomic E-state index is 0.0929. The summed E-state index contributed by atoms with van der Waals surface area (Å²) in [5.74, 6) is 0.345. The van der Waals surface area contributed by atoms with Gasteiger partial charge in [-0.2, -0.15) is 0 Å². The summed E-state index contributed by atoms with van der Waals surface area (Å²) < 4.78 is 5.17. The Morgan fingerprint density at radius 2 is 1.86 bits per heavy atom. The van der Waals surface area contributed by atoms with E-state index in [0.717, 1.165) is 22.6 Å². The van der Waals surface area contributed by atoms with E-state index in [9.17, 15) is 4.79 Å². The second-order valence-electron chi connectivity index (χ2n) is 5.40. The molecule has 0 aliphatic heterocycles. The molecule has 2 atom stereocenters. The zero-order chi connectivity index (χ0) is 16.1. The number of benzene rings is 2. The van der Waals surface area contributed by atoms with Gasteiger partial charge < -0.3 is 15.8 Å². The molecule has 0 spiro atoms. The van der Waals surface area contributed by atoms with E-state index in [1.807, 2.05) is 62.4 Å². The van der Waals surface area contributed by atoms with Gasteiger partial charge in [-0.25, -0.2) is 0 Å². The molecule has 3 N–H and O–H groups in total. The summed E-state index contributed by atoms with van der Waals surface area (Å²) in [5, 5.41) is 2.94. The van der Waals surface area contributed by atoms with E-state index in [1.165, 1.54) is 0 Å². The molecule has 0 fully saturated rings. The van der Waals surface area contributed by atoms with Crippen LogP contribution in [0.15, 0.2) is 48.5 Å². The van der Waals surface area contributed by atoms with Crippen molar-refractivity contribution in [3.8, 4) is 5.75 Å². The van der Waals surface area contributed by atoms with Gasteiger partial charge in [0.25, 0.3) is 0 Å². The maximum absolute atomic E-state index is 12.4. The van der Waals surface area contributed by atoms with Crippen LogP contribution in [0.2, 0.25) is 0 Å².